The van der Waals surface area contributed by atoms with E-state index in [1.54, 1.807) is 0 Å². The van der Waals surface area contributed by atoms with Crippen molar-refractivity contribution in [3.8, 4) is 0 Å². The van der Waals surface area contributed by atoms with E-state index in [0.717, 1.165) is 12.3 Å². The lowest BCUT2D eigenvalue weighted by Gasteiger charge is -2.31. The van der Waals surface area contributed by atoms with Gasteiger partial charge in [0.1, 0.15) is 0 Å². The Hall–Kier alpha value is -0.300. The summed E-state index contributed by atoms with van der Waals surface area (Å²) in [6, 6.07) is 0. The molecule has 1 nitrogen and oxygen atoms in total. The standard InChI is InChI=1S/C10H18O/c1-4-5-10-6-8(2)11-9(3)7-10/h4,8-10H,1,5-7H2,2-3H3. The molecule has 0 amide bonds. The highest BCUT2D eigenvalue weighted by molar-refractivity contribution is 4.79. The van der Waals surface area contributed by atoms with Gasteiger partial charge in [-0.2, -0.15) is 0 Å². The summed E-state index contributed by atoms with van der Waals surface area (Å²) in [5, 5.41) is 0. The minimum absolute atomic E-state index is 0.448. The fourth-order valence-corrected chi connectivity index (χ4v) is 1.97. The molecule has 0 aromatic heterocycles. The second-order valence-electron chi connectivity index (χ2n) is 3.62. The van der Waals surface area contributed by atoms with Gasteiger partial charge in [0.15, 0.2) is 0 Å². The van der Waals surface area contributed by atoms with E-state index < -0.39 is 0 Å². The van der Waals surface area contributed by atoms with Crippen LogP contribution in [-0.2, 0) is 4.74 Å². The smallest absolute Gasteiger partial charge is 0.0553 e. The molecule has 0 bridgehead atoms. The zero-order valence-electron chi connectivity index (χ0n) is 7.55. The van der Waals surface area contributed by atoms with Gasteiger partial charge in [0, 0.05) is 0 Å². The Balaban J connectivity index is 2.36. The lowest BCUT2D eigenvalue weighted by molar-refractivity contribution is -0.0513. The molecule has 1 heteroatoms. The number of rotatable bonds is 2. The third-order valence-electron chi connectivity index (χ3n) is 2.30. The van der Waals surface area contributed by atoms with Crippen LogP contribution in [-0.4, -0.2) is 12.2 Å². The molecule has 1 rings (SSSR count). The van der Waals surface area contributed by atoms with E-state index in [0.29, 0.717) is 12.2 Å². The topological polar surface area (TPSA) is 9.23 Å². The van der Waals surface area contributed by atoms with Gasteiger partial charge in [-0.15, -0.1) is 6.58 Å². The number of hydrogen-bond acceptors (Lipinski definition) is 1. The summed E-state index contributed by atoms with van der Waals surface area (Å²) in [6.07, 6.45) is 6.48. The lowest BCUT2D eigenvalue weighted by atomic mass is 9.90. The molecular weight excluding hydrogens is 136 g/mol. The molecule has 0 saturated carbocycles. The van der Waals surface area contributed by atoms with Gasteiger partial charge in [0.05, 0.1) is 12.2 Å². The van der Waals surface area contributed by atoms with Crippen LogP contribution in [0.4, 0.5) is 0 Å². The minimum Gasteiger partial charge on any atom is -0.376 e. The molecule has 64 valence electrons. The Morgan fingerprint density at radius 1 is 1.36 bits per heavy atom. The summed E-state index contributed by atoms with van der Waals surface area (Å²) < 4.78 is 5.63. The fraction of sp³-hybridized carbons (Fsp3) is 0.800. The molecule has 1 saturated heterocycles. The third-order valence-corrected chi connectivity index (χ3v) is 2.30. The van der Waals surface area contributed by atoms with E-state index in [-0.39, 0.29) is 0 Å². The first-order valence-corrected chi connectivity index (χ1v) is 4.48. The first kappa shape index (κ1) is 8.79. The van der Waals surface area contributed by atoms with Crippen LogP contribution in [0, 0.1) is 5.92 Å². The summed E-state index contributed by atoms with van der Waals surface area (Å²) >= 11 is 0. The van der Waals surface area contributed by atoms with E-state index in [1.807, 2.05) is 6.08 Å². The van der Waals surface area contributed by atoms with Crippen molar-refractivity contribution in [2.75, 3.05) is 0 Å². The maximum absolute atomic E-state index is 5.63. The zero-order chi connectivity index (χ0) is 8.27. The van der Waals surface area contributed by atoms with Gasteiger partial charge in [-0.1, -0.05) is 6.08 Å². The average molecular weight is 154 g/mol. The molecular formula is C10H18O. The normalized spacial score (nSPS) is 38.5. The van der Waals surface area contributed by atoms with Crippen LogP contribution in [0.25, 0.3) is 0 Å². The van der Waals surface area contributed by atoms with Crippen molar-refractivity contribution in [3.63, 3.8) is 0 Å². The molecule has 0 N–H and O–H groups in total. The predicted octanol–water partition coefficient (Wildman–Crippen LogP) is 2.77. The Kier molecular flexibility index (Phi) is 3.13. The molecule has 0 aromatic rings. The Bertz CT molecular complexity index is 121. The van der Waals surface area contributed by atoms with E-state index in [9.17, 15) is 0 Å². The van der Waals surface area contributed by atoms with Crippen LogP contribution in [0.5, 0.6) is 0 Å². The maximum Gasteiger partial charge on any atom is 0.0553 e. The predicted molar refractivity (Wildman–Crippen MR) is 47.5 cm³/mol. The molecule has 1 aliphatic heterocycles. The van der Waals surface area contributed by atoms with Gasteiger partial charge in [-0.25, -0.2) is 0 Å². The second kappa shape index (κ2) is 3.91. The monoisotopic (exact) mass is 154 g/mol. The van der Waals surface area contributed by atoms with Crippen molar-refractivity contribution >= 4 is 0 Å². The van der Waals surface area contributed by atoms with E-state index >= 15 is 0 Å². The minimum atomic E-state index is 0.448. The lowest BCUT2D eigenvalue weighted by Crippen LogP contribution is -2.28. The molecule has 0 aromatic carbocycles. The number of allylic oxidation sites excluding steroid dienone is 1. The molecule has 0 spiro atoms. The molecule has 2 atom stereocenters. The summed E-state index contributed by atoms with van der Waals surface area (Å²) in [6.45, 7) is 8.08. The Morgan fingerprint density at radius 3 is 2.36 bits per heavy atom. The molecule has 1 heterocycles. The summed E-state index contributed by atoms with van der Waals surface area (Å²) in [5.41, 5.74) is 0. The fourth-order valence-electron chi connectivity index (χ4n) is 1.97. The van der Waals surface area contributed by atoms with Crippen LogP contribution in [0.1, 0.15) is 33.1 Å². The molecule has 2 unspecified atom stereocenters. The van der Waals surface area contributed by atoms with E-state index in [2.05, 4.69) is 20.4 Å². The highest BCUT2D eigenvalue weighted by Gasteiger charge is 2.22. The second-order valence-corrected chi connectivity index (χ2v) is 3.62. The molecule has 11 heavy (non-hydrogen) atoms. The first-order chi connectivity index (χ1) is 5.22. The molecule has 0 aliphatic carbocycles. The first-order valence-electron chi connectivity index (χ1n) is 4.48. The largest absolute Gasteiger partial charge is 0.376 e. The van der Waals surface area contributed by atoms with Gasteiger partial charge in [0.2, 0.25) is 0 Å². The highest BCUT2D eigenvalue weighted by atomic mass is 16.5. The third kappa shape index (κ3) is 2.66. The van der Waals surface area contributed by atoms with Crippen molar-refractivity contribution in [1.82, 2.24) is 0 Å². The average Bonchev–Trinajstić information content (AvgIpc) is 1.85. The van der Waals surface area contributed by atoms with Crippen molar-refractivity contribution < 1.29 is 4.74 Å². The van der Waals surface area contributed by atoms with Crippen LogP contribution in [0.15, 0.2) is 12.7 Å². The summed E-state index contributed by atoms with van der Waals surface area (Å²) in [4.78, 5) is 0. The van der Waals surface area contributed by atoms with Crippen molar-refractivity contribution in [1.29, 1.82) is 0 Å². The highest BCUT2D eigenvalue weighted by Crippen LogP contribution is 2.26. The van der Waals surface area contributed by atoms with E-state index in [1.165, 1.54) is 12.8 Å². The van der Waals surface area contributed by atoms with Crippen LogP contribution >= 0.6 is 0 Å². The summed E-state index contributed by atoms with van der Waals surface area (Å²) in [7, 11) is 0. The van der Waals surface area contributed by atoms with Crippen molar-refractivity contribution in [3.05, 3.63) is 12.7 Å². The van der Waals surface area contributed by atoms with E-state index in [4.69, 9.17) is 4.74 Å². The van der Waals surface area contributed by atoms with Gasteiger partial charge >= 0.3 is 0 Å². The van der Waals surface area contributed by atoms with Gasteiger partial charge < -0.3 is 4.74 Å². The quantitative estimate of drug-likeness (QED) is 0.556. The van der Waals surface area contributed by atoms with Gasteiger partial charge in [-0.05, 0) is 39.0 Å². The number of ether oxygens (including phenoxy) is 1. The molecule has 1 fully saturated rings. The van der Waals surface area contributed by atoms with Crippen LogP contribution in [0.2, 0.25) is 0 Å². The van der Waals surface area contributed by atoms with Crippen molar-refractivity contribution in [2.45, 2.75) is 45.3 Å². The summed E-state index contributed by atoms with van der Waals surface area (Å²) in [5.74, 6) is 0.811. The van der Waals surface area contributed by atoms with Gasteiger partial charge in [0.25, 0.3) is 0 Å². The maximum atomic E-state index is 5.63. The van der Waals surface area contributed by atoms with Crippen molar-refractivity contribution in [2.24, 2.45) is 5.92 Å². The Labute approximate surface area is 69.4 Å². The number of hydrogen-bond donors (Lipinski definition) is 0. The van der Waals surface area contributed by atoms with Crippen LogP contribution < -0.4 is 0 Å². The zero-order valence-corrected chi connectivity index (χ0v) is 7.55. The van der Waals surface area contributed by atoms with Gasteiger partial charge in [-0.3, -0.25) is 0 Å². The SMILES string of the molecule is C=CCC1CC(C)OC(C)C1. The molecule has 0 radical (unpaired) electrons. The Morgan fingerprint density at radius 2 is 1.91 bits per heavy atom. The molecule has 1 aliphatic rings. The van der Waals surface area contributed by atoms with Crippen LogP contribution in [0.3, 0.4) is 0 Å².